The molecule has 0 bridgehead atoms. The van der Waals surface area contributed by atoms with Gasteiger partial charge in [-0.25, -0.2) is 8.42 Å². The molecule has 2 aromatic carbocycles. The zero-order chi connectivity index (χ0) is 24.0. The van der Waals surface area contributed by atoms with Gasteiger partial charge in [0.25, 0.3) is 5.91 Å². The van der Waals surface area contributed by atoms with Crippen LogP contribution in [0.3, 0.4) is 0 Å². The Balaban J connectivity index is 1.96. The number of sulfonamides is 1. The van der Waals surface area contributed by atoms with Crippen LogP contribution in [0.1, 0.15) is 43.6 Å². The highest BCUT2D eigenvalue weighted by Gasteiger charge is 2.25. The number of rotatable bonds is 9. The summed E-state index contributed by atoms with van der Waals surface area (Å²) in [4.78, 5) is 17.8. The smallest absolute Gasteiger partial charge is 0.255 e. The maximum atomic E-state index is 13.1. The van der Waals surface area contributed by atoms with Gasteiger partial charge in [-0.15, -0.1) is 0 Å². The van der Waals surface area contributed by atoms with Crippen molar-refractivity contribution in [3.63, 3.8) is 0 Å². The van der Waals surface area contributed by atoms with E-state index in [4.69, 9.17) is 0 Å². The fourth-order valence-electron chi connectivity index (χ4n) is 4.16. The number of carbonyl (C=O) groups is 1. The van der Waals surface area contributed by atoms with E-state index in [2.05, 4.69) is 29.0 Å². The minimum atomic E-state index is -3.64. The van der Waals surface area contributed by atoms with Crippen LogP contribution < -0.4 is 10.2 Å². The monoisotopic (exact) mass is 472 g/mol. The Bertz CT molecular complexity index is 1040. The molecule has 2 aromatic rings. The van der Waals surface area contributed by atoms with Crippen molar-refractivity contribution in [2.75, 3.05) is 56.0 Å². The molecule has 7 nitrogen and oxygen atoms in total. The molecule has 0 atom stereocenters. The molecule has 0 aliphatic carbocycles. The lowest BCUT2D eigenvalue weighted by Gasteiger charge is -2.36. The van der Waals surface area contributed by atoms with E-state index in [1.54, 1.807) is 12.1 Å². The summed E-state index contributed by atoms with van der Waals surface area (Å²) < 4.78 is 27.7. The fraction of sp³-hybridized carbons (Fsp3) is 0.480. The van der Waals surface area contributed by atoms with Crippen molar-refractivity contribution < 1.29 is 13.2 Å². The lowest BCUT2D eigenvalue weighted by atomic mass is 10.1. The number of anilines is 2. The van der Waals surface area contributed by atoms with Crippen molar-refractivity contribution in [3.8, 4) is 0 Å². The fourth-order valence-corrected chi connectivity index (χ4v) is 5.64. The van der Waals surface area contributed by atoms with Gasteiger partial charge in [0, 0.05) is 44.8 Å². The van der Waals surface area contributed by atoms with Crippen molar-refractivity contribution in [2.45, 2.75) is 39.0 Å². The van der Waals surface area contributed by atoms with Crippen LogP contribution in [0.5, 0.6) is 0 Å². The van der Waals surface area contributed by atoms with Gasteiger partial charge in [-0.1, -0.05) is 39.8 Å². The highest BCUT2D eigenvalue weighted by atomic mass is 32.2. The number of nitrogens with zero attached hydrogens (tertiary/aromatic N) is 3. The van der Waals surface area contributed by atoms with Crippen LogP contribution in [0, 0.1) is 0 Å². The van der Waals surface area contributed by atoms with E-state index in [0.717, 1.165) is 50.4 Å². The molecule has 1 saturated heterocycles. The number of hydrogen-bond acceptors (Lipinski definition) is 5. The van der Waals surface area contributed by atoms with Crippen molar-refractivity contribution in [1.82, 2.24) is 9.21 Å². The predicted octanol–water partition coefficient (Wildman–Crippen LogP) is 3.67. The highest BCUT2D eigenvalue weighted by molar-refractivity contribution is 7.89. The second kappa shape index (κ2) is 11.1. The molecule has 180 valence electrons. The van der Waals surface area contributed by atoms with Gasteiger partial charge in [0.1, 0.15) is 0 Å². The summed E-state index contributed by atoms with van der Waals surface area (Å²) in [6.45, 7) is 13.2. The number of hydrogen-bond donors (Lipinski definition) is 1. The minimum Gasteiger partial charge on any atom is -0.367 e. The lowest BCUT2D eigenvalue weighted by molar-refractivity contribution is 0.102. The van der Waals surface area contributed by atoms with E-state index in [1.807, 2.05) is 44.2 Å². The first kappa shape index (κ1) is 25.2. The Labute approximate surface area is 198 Å². The third-order valence-corrected chi connectivity index (χ3v) is 8.39. The van der Waals surface area contributed by atoms with Gasteiger partial charge < -0.3 is 15.1 Å². The van der Waals surface area contributed by atoms with E-state index in [1.165, 1.54) is 4.31 Å². The Morgan fingerprint density at radius 1 is 0.939 bits per heavy atom. The number of nitrogens with one attached hydrogen (secondary N) is 1. The van der Waals surface area contributed by atoms with E-state index in [-0.39, 0.29) is 10.8 Å². The van der Waals surface area contributed by atoms with Gasteiger partial charge >= 0.3 is 0 Å². The lowest BCUT2D eigenvalue weighted by Crippen LogP contribution is -2.46. The van der Waals surface area contributed by atoms with Crippen LogP contribution in [0.4, 0.5) is 11.4 Å². The molecular formula is C25H36N4O3S. The van der Waals surface area contributed by atoms with Crippen LogP contribution in [0.2, 0.25) is 0 Å². The molecule has 1 heterocycles. The average molecular weight is 473 g/mol. The maximum absolute atomic E-state index is 13.1. The SMILES string of the molecule is CCc1ccc(C(=O)Nc2cc(S(=O)(=O)N(CC)CC)ccc2N2CCN(CC)CC2)cc1. The predicted molar refractivity (Wildman–Crippen MR) is 135 cm³/mol. The van der Waals surface area contributed by atoms with Gasteiger partial charge in [0.05, 0.1) is 16.3 Å². The summed E-state index contributed by atoms with van der Waals surface area (Å²) in [6.07, 6.45) is 0.904. The summed E-state index contributed by atoms with van der Waals surface area (Å²) in [6, 6.07) is 12.6. The van der Waals surface area contributed by atoms with E-state index < -0.39 is 10.0 Å². The molecule has 1 N–H and O–H groups in total. The Hall–Kier alpha value is -2.42. The largest absolute Gasteiger partial charge is 0.367 e. The summed E-state index contributed by atoms with van der Waals surface area (Å²) in [7, 11) is -3.64. The summed E-state index contributed by atoms with van der Waals surface area (Å²) in [5, 5.41) is 3.00. The van der Waals surface area contributed by atoms with Gasteiger partial charge in [-0.3, -0.25) is 4.79 Å². The Morgan fingerprint density at radius 2 is 1.58 bits per heavy atom. The number of aryl methyl sites for hydroxylation is 1. The average Bonchev–Trinajstić information content (AvgIpc) is 2.84. The molecule has 3 rings (SSSR count). The number of benzene rings is 2. The standard InChI is InChI=1S/C25H36N4O3S/c1-5-20-9-11-21(12-10-20)25(30)26-23-19-22(33(31,32)29(7-3)8-4)13-14-24(23)28-17-15-27(6-2)16-18-28/h9-14,19H,5-8,15-18H2,1-4H3,(H,26,30). The molecule has 1 amide bonds. The van der Waals surface area contributed by atoms with Crippen molar-refractivity contribution in [3.05, 3.63) is 53.6 Å². The quantitative estimate of drug-likeness (QED) is 0.603. The molecule has 0 saturated carbocycles. The first-order chi connectivity index (χ1) is 15.8. The van der Waals surface area contributed by atoms with Gasteiger partial charge in [0.15, 0.2) is 0 Å². The van der Waals surface area contributed by atoms with Gasteiger partial charge in [-0.05, 0) is 48.9 Å². The summed E-state index contributed by atoms with van der Waals surface area (Å²) >= 11 is 0. The Morgan fingerprint density at radius 3 is 2.12 bits per heavy atom. The third kappa shape index (κ3) is 5.75. The molecule has 0 spiro atoms. The van der Waals surface area contributed by atoms with Crippen LogP contribution in [0.25, 0.3) is 0 Å². The molecule has 1 fully saturated rings. The second-order valence-corrected chi connectivity index (χ2v) is 10.1. The van der Waals surface area contributed by atoms with Crippen LogP contribution in [0.15, 0.2) is 47.4 Å². The highest BCUT2D eigenvalue weighted by Crippen LogP contribution is 2.31. The number of piperazine rings is 1. The maximum Gasteiger partial charge on any atom is 0.255 e. The first-order valence-electron chi connectivity index (χ1n) is 11.9. The zero-order valence-corrected chi connectivity index (χ0v) is 21.0. The molecule has 33 heavy (non-hydrogen) atoms. The van der Waals surface area contributed by atoms with Crippen LogP contribution in [-0.2, 0) is 16.4 Å². The van der Waals surface area contributed by atoms with Crippen molar-refractivity contribution >= 4 is 27.3 Å². The van der Waals surface area contributed by atoms with E-state index >= 15 is 0 Å². The van der Waals surface area contributed by atoms with Gasteiger partial charge in [-0.2, -0.15) is 4.31 Å². The normalized spacial score (nSPS) is 15.1. The number of likely N-dealkylation sites (N-methyl/N-ethyl adjacent to an activating group) is 1. The molecule has 8 heteroatoms. The molecule has 0 unspecified atom stereocenters. The zero-order valence-electron chi connectivity index (χ0n) is 20.2. The van der Waals surface area contributed by atoms with E-state index in [0.29, 0.717) is 24.3 Å². The third-order valence-electron chi connectivity index (χ3n) is 6.34. The molecular weight excluding hydrogens is 436 g/mol. The topological polar surface area (TPSA) is 73.0 Å². The van der Waals surface area contributed by atoms with Crippen molar-refractivity contribution in [2.24, 2.45) is 0 Å². The van der Waals surface area contributed by atoms with Gasteiger partial charge in [0.2, 0.25) is 10.0 Å². The minimum absolute atomic E-state index is 0.193. The first-order valence-corrected chi connectivity index (χ1v) is 13.3. The molecule has 0 aromatic heterocycles. The number of carbonyl (C=O) groups excluding carboxylic acids is 1. The van der Waals surface area contributed by atoms with Crippen molar-refractivity contribution in [1.29, 1.82) is 0 Å². The summed E-state index contributed by atoms with van der Waals surface area (Å²) in [5.74, 6) is -0.247. The molecule has 1 aliphatic rings. The Kier molecular flexibility index (Phi) is 8.51. The van der Waals surface area contributed by atoms with Crippen LogP contribution in [-0.4, -0.2) is 69.3 Å². The molecule has 1 aliphatic heterocycles. The second-order valence-electron chi connectivity index (χ2n) is 8.19. The summed E-state index contributed by atoms with van der Waals surface area (Å²) in [5.41, 5.74) is 3.08. The van der Waals surface area contributed by atoms with E-state index in [9.17, 15) is 13.2 Å². The van der Waals surface area contributed by atoms with Crippen LogP contribution >= 0.6 is 0 Å². The number of amides is 1. The molecule has 0 radical (unpaired) electrons.